The maximum absolute atomic E-state index is 13.3. The lowest BCUT2D eigenvalue weighted by molar-refractivity contribution is -0.130. The number of aliphatic hydroxyl groups excluding tert-OH is 1. The number of nitrogens with zero attached hydrogens (tertiary/aromatic N) is 2. The van der Waals surface area contributed by atoms with E-state index < -0.39 is 70.3 Å². The first-order valence-electron chi connectivity index (χ1n) is 12.8. The molecule has 15 heteroatoms. The van der Waals surface area contributed by atoms with Gasteiger partial charge in [0.2, 0.25) is 15.9 Å². The fourth-order valence-electron chi connectivity index (χ4n) is 3.59. The Labute approximate surface area is 234 Å². The van der Waals surface area contributed by atoms with Crippen molar-refractivity contribution in [3.8, 4) is 0 Å². The van der Waals surface area contributed by atoms with Crippen LogP contribution in [-0.2, 0) is 35.6 Å². The third-order valence-corrected chi connectivity index (χ3v) is 7.54. The van der Waals surface area contributed by atoms with Crippen molar-refractivity contribution in [1.82, 2.24) is 9.62 Å². The number of hydrogen-bond donors (Lipinski definition) is 5. The van der Waals surface area contributed by atoms with Crippen LogP contribution < -0.4 is 22.5 Å². The lowest BCUT2D eigenvalue weighted by Crippen LogP contribution is -2.57. The Balaban J connectivity index is 3.19. The number of sulfonamides is 1. The number of ether oxygens (including phenoxy) is 1. The van der Waals surface area contributed by atoms with Gasteiger partial charge in [0.05, 0.1) is 31.1 Å². The number of aryl methyl sites for hydroxylation is 1. The van der Waals surface area contributed by atoms with E-state index in [0.717, 1.165) is 0 Å². The van der Waals surface area contributed by atoms with Crippen molar-refractivity contribution in [2.45, 2.75) is 70.1 Å². The molecule has 1 rings (SSSR count). The third kappa shape index (κ3) is 11.3. The number of unbranched alkanes of at least 4 members (excludes halogenated alkanes) is 1. The van der Waals surface area contributed by atoms with E-state index in [0.29, 0.717) is 24.7 Å². The fraction of sp³-hybridized carbons (Fsp3) is 0.560. The number of Topliss-reactive ketones (excluding diaryl/α,β-unsaturated/α-hetero) is 1. The van der Waals surface area contributed by atoms with Crippen molar-refractivity contribution >= 4 is 40.1 Å². The largest absolute Gasteiger partial charge is 0.449 e. The summed E-state index contributed by atoms with van der Waals surface area (Å²) in [7, 11) is -4.47. The first kappa shape index (κ1) is 34.5. The van der Waals surface area contributed by atoms with Crippen LogP contribution in [0.25, 0.3) is 0 Å². The maximum Gasteiger partial charge on any atom is 0.424 e. The molecule has 224 valence electrons. The molecule has 0 aromatic heterocycles. The molecule has 2 amide bonds. The highest BCUT2D eigenvalue weighted by molar-refractivity contribution is 7.89. The molecule has 0 aliphatic carbocycles. The number of benzene rings is 1. The van der Waals surface area contributed by atoms with Gasteiger partial charge >= 0.3 is 6.09 Å². The zero-order valence-corrected chi connectivity index (χ0v) is 23.6. The van der Waals surface area contributed by atoms with Crippen LogP contribution in [0.2, 0.25) is 0 Å². The van der Waals surface area contributed by atoms with Crippen molar-refractivity contribution in [3.63, 3.8) is 0 Å². The van der Waals surface area contributed by atoms with Gasteiger partial charge in [0.1, 0.15) is 12.3 Å². The molecular formula is C25H40N6O8S. The molecule has 0 heterocycles. The quantitative estimate of drug-likeness (QED) is 0.0618. The van der Waals surface area contributed by atoms with Crippen molar-refractivity contribution in [3.05, 3.63) is 35.9 Å². The molecule has 0 spiro atoms. The standard InChI is InChI=1S/C25H40N6O8S/c1-3-4-13-39-25(36)31(40(37,38)14-12-18-8-6-5-7-9-18)21(16-33)23(35)29-17(2)22(34)20(30-24(27)28)11-10-19(26)15-32/h5-9,15,17,19-21,33H,3-4,10-14,16,26H2,1-2H3,(H,29,35)(H4,27,28,30)/t17-,19-,20?,21-/m0/s1. The predicted molar refractivity (Wildman–Crippen MR) is 148 cm³/mol. The summed E-state index contributed by atoms with van der Waals surface area (Å²) in [4.78, 5) is 53.7. The van der Waals surface area contributed by atoms with Crippen LogP contribution >= 0.6 is 0 Å². The van der Waals surface area contributed by atoms with Crippen LogP contribution in [0, 0.1) is 0 Å². The smallest absolute Gasteiger partial charge is 0.424 e. The number of rotatable bonds is 18. The maximum atomic E-state index is 13.3. The number of aldehydes is 1. The number of nitrogens with two attached hydrogens (primary N) is 3. The highest BCUT2D eigenvalue weighted by Gasteiger charge is 2.40. The SMILES string of the molecule is CCCCOC(=O)N([C@@H](CO)C(=O)N[C@@H](C)C(=O)C(CC[C@H](N)C=O)N=C(N)N)S(=O)(=O)CCc1ccccc1. The molecule has 0 saturated heterocycles. The average molecular weight is 585 g/mol. The molecule has 8 N–H and O–H groups in total. The fourth-order valence-corrected chi connectivity index (χ4v) is 5.11. The van der Waals surface area contributed by atoms with Gasteiger partial charge in [0.15, 0.2) is 17.8 Å². The molecule has 14 nitrogen and oxygen atoms in total. The Morgan fingerprint density at radius 1 is 1.18 bits per heavy atom. The van der Waals surface area contributed by atoms with Crippen LogP contribution in [0.4, 0.5) is 4.79 Å². The number of aliphatic imine (C=N–C) groups is 1. The zero-order chi connectivity index (χ0) is 30.3. The molecular weight excluding hydrogens is 544 g/mol. The normalized spacial score (nSPS) is 14.2. The lowest BCUT2D eigenvalue weighted by atomic mass is 9.99. The topological polar surface area (TPSA) is 238 Å². The van der Waals surface area contributed by atoms with Crippen LogP contribution in [0.3, 0.4) is 0 Å². The Hall–Kier alpha value is -3.56. The van der Waals surface area contributed by atoms with E-state index in [1.54, 1.807) is 30.3 Å². The summed E-state index contributed by atoms with van der Waals surface area (Å²) in [6.45, 7) is 1.97. The summed E-state index contributed by atoms with van der Waals surface area (Å²) in [5, 5.41) is 12.3. The van der Waals surface area contributed by atoms with Gasteiger partial charge in [0.25, 0.3) is 0 Å². The van der Waals surface area contributed by atoms with Gasteiger partial charge in [-0.3, -0.25) is 9.59 Å². The highest BCUT2D eigenvalue weighted by Crippen LogP contribution is 2.15. The minimum Gasteiger partial charge on any atom is -0.449 e. The summed E-state index contributed by atoms with van der Waals surface area (Å²) in [5.41, 5.74) is 17.1. The van der Waals surface area contributed by atoms with Gasteiger partial charge in [-0.05, 0) is 38.2 Å². The second-order valence-corrected chi connectivity index (χ2v) is 11.1. The first-order chi connectivity index (χ1) is 18.9. The molecule has 0 bridgehead atoms. The Morgan fingerprint density at radius 2 is 1.82 bits per heavy atom. The molecule has 40 heavy (non-hydrogen) atoms. The molecule has 1 unspecified atom stereocenters. The minimum atomic E-state index is -4.47. The first-order valence-corrected chi connectivity index (χ1v) is 14.5. The van der Waals surface area contributed by atoms with Crippen LogP contribution in [-0.4, -0.2) is 91.0 Å². The van der Waals surface area contributed by atoms with Crippen molar-refractivity contribution in [2.75, 3.05) is 19.0 Å². The van der Waals surface area contributed by atoms with E-state index in [9.17, 15) is 32.7 Å². The average Bonchev–Trinajstić information content (AvgIpc) is 2.92. The van der Waals surface area contributed by atoms with Crippen molar-refractivity contribution < 1.29 is 37.4 Å². The van der Waals surface area contributed by atoms with E-state index in [4.69, 9.17) is 21.9 Å². The van der Waals surface area contributed by atoms with E-state index in [1.165, 1.54) is 6.92 Å². The van der Waals surface area contributed by atoms with Crippen LogP contribution in [0.1, 0.15) is 45.1 Å². The second-order valence-electron chi connectivity index (χ2n) is 9.09. The lowest BCUT2D eigenvalue weighted by Gasteiger charge is -2.29. The number of ketones is 1. The minimum absolute atomic E-state index is 0.00990. The summed E-state index contributed by atoms with van der Waals surface area (Å²) in [6.07, 6.45) is 0.380. The molecule has 4 atom stereocenters. The summed E-state index contributed by atoms with van der Waals surface area (Å²) in [6, 6.07) is 3.41. The number of guanidine groups is 1. The molecule has 1 aromatic rings. The monoisotopic (exact) mass is 584 g/mol. The van der Waals surface area contributed by atoms with E-state index in [1.807, 2.05) is 6.92 Å². The Morgan fingerprint density at radius 3 is 2.38 bits per heavy atom. The summed E-state index contributed by atoms with van der Waals surface area (Å²) < 4.78 is 31.9. The highest BCUT2D eigenvalue weighted by atomic mass is 32.2. The van der Waals surface area contributed by atoms with Gasteiger partial charge in [-0.1, -0.05) is 43.7 Å². The van der Waals surface area contributed by atoms with Crippen molar-refractivity contribution in [1.29, 1.82) is 0 Å². The molecule has 0 fully saturated rings. The predicted octanol–water partition coefficient (Wildman–Crippen LogP) is -0.819. The molecule has 0 saturated carbocycles. The van der Waals surface area contributed by atoms with Gasteiger partial charge in [-0.15, -0.1) is 0 Å². The number of amides is 2. The zero-order valence-electron chi connectivity index (χ0n) is 22.8. The van der Waals surface area contributed by atoms with Gasteiger partial charge < -0.3 is 37.2 Å². The second kappa shape index (κ2) is 17.2. The van der Waals surface area contributed by atoms with E-state index >= 15 is 0 Å². The summed E-state index contributed by atoms with van der Waals surface area (Å²) >= 11 is 0. The van der Waals surface area contributed by atoms with Gasteiger partial charge in [-0.2, -0.15) is 4.31 Å². The van der Waals surface area contributed by atoms with Gasteiger partial charge in [0, 0.05) is 0 Å². The number of carbonyl (C=O) groups excluding carboxylic acids is 4. The molecule has 1 aromatic carbocycles. The van der Waals surface area contributed by atoms with Gasteiger partial charge in [-0.25, -0.2) is 18.2 Å². The number of carbonyl (C=O) groups is 4. The van der Waals surface area contributed by atoms with E-state index in [2.05, 4.69) is 10.3 Å². The number of aliphatic hydroxyl groups is 1. The number of hydrogen-bond acceptors (Lipinski definition) is 10. The summed E-state index contributed by atoms with van der Waals surface area (Å²) in [5.74, 6) is -2.75. The Kier molecular flexibility index (Phi) is 14.8. The molecule has 0 aliphatic heterocycles. The van der Waals surface area contributed by atoms with Crippen LogP contribution in [0.15, 0.2) is 35.3 Å². The Bertz CT molecular complexity index is 1110. The molecule has 0 radical (unpaired) electrons. The van der Waals surface area contributed by atoms with Crippen molar-refractivity contribution in [2.24, 2.45) is 22.2 Å². The van der Waals surface area contributed by atoms with E-state index in [-0.39, 0.29) is 30.2 Å². The third-order valence-electron chi connectivity index (χ3n) is 5.82. The number of nitrogens with one attached hydrogen (secondary N) is 1. The molecule has 0 aliphatic rings. The van der Waals surface area contributed by atoms with Crippen LogP contribution in [0.5, 0.6) is 0 Å².